The second kappa shape index (κ2) is 7.43. The summed E-state index contributed by atoms with van der Waals surface area (Å²) in [6, 6.07) is 1.80. The van der Waals surface area contributed by atoms with Crippen LogP contribution in [-0.2, 0) is 5.41 Å². The van der Waals surface area contributed by atoms with Gasteiger partial charge < -0.3 is 16.0 Å². The molecule has 0 aliphatic rings. The Bertz CT molecular complexity index is 411. The number of aromatic nitrogens is 2. The van der Waals surface area contributed by atoms with Crippen LogP contribution in [0.4, 0.5) is 11.6 Å². The van der Waals surface area contributed by atoms with Gasteiger partial charge in [-0.15, -0.1) is 0 Å². The zero-order valence-corrected chi connectivity index (χ0v) is 13.5. The number of anilines is 2. The summed E-state index contributed by atoms with van der Waals surface area (Å²) in [6.07, 6.45) is 1.18. The van der Waals surface area contributed by atoms with Crippen LogP contribution >= 0.6 is 0 Å². The van der Waals surface area contributed by atoms with E-state index < -0.39 is 0 Å². The second-order valence-electron chi connectivity index (χ2n) is 6.11. The van der Waals surface area contributed by atoms with Crippen molar-refractivity contribution in [2.75, 3.05) is 37.2 Å². The normalized spacial score (nSPS) is 11.9. The molecule has 0 saturated heterocycles. The average Bonchev–Trinajstić information content (AvgIpc) is 2.36. The van der Waals surface area contributed by atoms with Gasteiger partial charge >= 0.3 is 0 Å². The van der Waals surface area contributed by atoms with Crippen molar-refractivity contribution in [3.05, 3.63) is 11.9 Å². The number of nitrogens with two attached hydrogens (primary N) is 1. The summed E-state index contributed by atoms with van der Waals surface area (Å²) in [5.74, 6) is 2.12. The van der Waals surface area contributed by atoms with Crippen LogP contribution in [0, 0.1) is 0 Å². The van der Waals surface area contributed by atoms with E-state index in [9.17, 15) is 0 Å². The third-order valence-electron chi connectivity index (χ3n) is 3.14. The smallest absolute Gasteiger partial charge is 0.138 e. The van der Waals surface area contributed by atoms with E-state index in [2.05, 4.69) is 54.8 Å². The number of likely N-dealkylation sites (N-methyl/N-ethyl adjacent to an activating group) is 1. The van der Waals surface area contributed by atoms with Crippen molar-refractivity contribution in [2.24, 2.45) is 0 Å². The lowest BCUT2D eigenvalue weighted by molar-refractivity contribution is 0.300. The molecule has 0 aromatic carbocycles. The maximum atomic E-state index is 5.86. The number of nitrogens with one attached hydrogen (secondary N) is 1. The monoisotopic (exact) mass is 279 g/mol. The molecule has 3 N–H and O–H groups in total. The van der Waals surface area contributed by atoms with Gasteiger partial charge in [-0.05, 0) is 19.5 Å². The van der Waals surface area contributed by atoms with Crippen molar-refractivity contribution >= 4 is 11.6 Å². The van der Waals surface area contributed by atoms with E-state index in [1.807, 2.05) is 0 Å². The molecule has 0 aliphatic carbocycles. The predicted octanol–water partition coefficient (Wildman–Crippen LogP) is 2.50. The molecule has 0 unspecified atom stereocenters. The molecule has 1 aromatic rings. The fraction of sp³-hybridized carbons (Fsp3) is 0.733. The summed E-state index contributed by atoms with van der Waals surface area (Å²) in [7, 11) is 0. The van der Waals surface area contributed by atoms with Gasteiger partial charge in [0.15, 0.2) is 0 Å². The zero-order chi connectivity index (χ0) is 15.2. The Kier molecular flexibility index (Phi) is 6.20. The van der Waals surface area contributed by atoms with Crippen LogP contribution < -0.4 is 11.1 Å². The third-order valence-corrected chi connectivity index (χ3v) is 3.14. The minimum absolute atomic E-state index is 0.0938. The minimum Gasteiger partial charge on any atom is -0.384 e. The molecular formula is C15H29N5. The van der Waals surface area contributed by atoms with Crippen LogP contribution in [0.3, 0.4) is 0 Å². The highest BCUT2D eigenvalue weighted by Crippen LogP contribution is 2.21. The fourth-order valence-electron chi connectivity index (χ4n) is 1.98. The molecule has 0 saturated carbocycles. The van der Waals surface area contributed by atoms with Gasteiger partial charge in [0.05, 0.1) is 0 Å². The Morgan fingerprint density at radius 3 is 2.45 bits per heavy atom. The van der Waals surface area contributed by atoms with Crippen molar-refractivity contribution in [1.82, 2.24) is 14.9 Å². The first kappa shape index (κ1) is 16.7. The fourth-order valence-corrected chi connectivity index (χ4v) is 1.98. The van der Waals surface area contributed by atoms with Crippen LogP contribution in [-0.4, -0.2) is 41.0 Å². The van der Waals surface area contributed by atoms with Crippen molar-refractivity contribution in [2.45, 2.75) is 46.5 Å². The maximum Gasteiger partial charge on any atom is 0.138 e. The summed E-state index contributed by atoms with van der Waals surface area (Å²) in [5, 5.41) is 3.35. The van der Waals surface area contributed by atoms with Gasteiger partial charge in [0.25, 0.3) is 0 Å². The van der Waals surface area contributed by atoms with Crippen molar-refractivity contribution in [1.29, 1.82) is 0 Å². The van der Waals surface area contributed by atoms with Crippen molar-refractivity contribution in [3.63, 3.8) is 0 Å². The quantitative estimate of drug-likeness (QED) is 0.802. The summed E-state index contributed by atoms with van der Waals surface area (Å²) in [6.45, 7) is 14.8. The first-order valence-electron chi connectivity index (χ1n) is 7.48. The van der Waals surface area contributed by atoms with Gasteiger partial charge in [-0.1, -0.05) is 34.6 Å². The Morgan fingerprint density at radius 2 is 1.90 bits per heavy atom. The van der Waals surface area contributed by atoms with Crippen LogP contribution in [0.2, 0.25) is 0 Å². The topological polar surface area (TPSA) is 67.1 Å². The molecule has 0 bridgehead atoms. The Hall–Kier alpha value is -1.36. The van der Waals surface area contributed by atoms with E-state index in [4.69, 9.17) is 5.73 Å². The molecule has 0 fully saturated rings. The lowest BCUT2D eigenvalue weighted by atomic mass is 9.96. The van der Waals surface area contributed by atoms with Gasteiger partial charge in [-0.3, -0.25) is 0 Å². The Labute approximate surface area is 123 Å². The molecule has 114 valence electrons. The standard InChI is InChI=1S/C15H29N5/c1-6-9-20(7-2)10-8-17-13-11-12(16)18-14(19-13)15(3,4)5/h11H,6-10H2,1-5H3,(H3,16,17,18,19). The minimum atomic E-state index is -0.0938. The molecule has 1 aromatic heterocycles. The lowest BCUT2D eigenvalue weighted by Gasteiger charge is -2.21. The third kappa shape index (κ3) is 5.33. The van der Waals surface area contributed by atoms with E-state index in [0.717, 1.165) is 37.8 Å². The lowest BCUT2D eigenvalue weighted by Crippen LogP contribution is -2.30. The highest BCUT2D eigenvalue weighted by Gasteiger charge is 2.18. The average molecular weight is 279 g/mol. The summed E-state index contributed by atoms with van der Waals surface area (Å²) >= 11 is 0. The molecule has 0 aliphatic heterocycles. The molecule has 5 heteroatoms. The molecule has 5 nitrogen and oxygen atoms in total. The largest absolute Gasteiger partial charge is 0.384 e. The van der Waals surface area contributed by atoms with Gasteiger partial charge in [-0.2, -0.15) is 0 Å². The van der Waals surface area contributed by atoms with Crippen LogP contribution in [0.25, 0.3) is 0 Å². The first-order valence-corrected chi connectivity index (χ1v) is 7.48. The number of hydrogen-bond donors (Lipinski definition) is 2. The molecular weight excluding hydrogens is 250 g/mol. The Balaban J connectivity index is 2.62. The van der Waals surface area contributed by atoms with Gasteiger partial charge in [-0.25, -0.2) is 9.97 Å². The molecule has 0 radical (unpaired) electrons. The van der Waals surface area contributed by atoms with Crippen LogP contribution in [0.5, 0.6) is 0 Å². The number of nitrogen functional groups attached to an aromatic ring is 1. The number of nitrogens with zero attached hydrogens (tertiary/aromatic N) is 3. The molecule has 0 amide bonds. The first-order chi connectivity index (χ1) is 9.36. The highest BCUT2D eigenvalue weighted by atomic mass is 15.1. The van der Waals surface area contributed by atoms with Crippen LogP contribution in [0.15, 0.2) is 6.07 Å². The predicted molar refractivity (Wildman–Crippen MR) is 86.0 cm³/mol. The zero-order valence-electron chi connectivity index (χ0n) is 13.5. The Morgan fingerprint density at radius 1 is 1.20 bits per heavy atom. The van der Waals surface area contributed by atoms with Gasteiger partial charge in [0.2, 0.25) is 0 Å². The molecule has 1 rings (SSSR count). The van der Waals surface area contributed by atoms with Gasteiger partial charge in [0, 0.05) is 24.6 Å². The second-order valence-corrected chi connectivity index (χ2v) is 6.11. The van der Waals surface area contributed by atoms with Crippen molar-refractivity contribution < 1.29 is 0 Å². The van der Waals surface area contributed by atoms with E-state index in [1.165, 1.54) is 6.42 Å². The van der Waals surface area contributed by atoms with E-state index in [0.29, 0.717) is 5.82 Å². The summed E-state index contributed by atoms with van der Waals surface area (Å²) < 4.78 is 0. The molecule has 1 heterocycles. The molecule has 0 spiro atoms. The summed E-state index contributed by atoms with van der Waals surface area (Å²) in [4.78, 5) is 11.3. The van der Waals surface area contributed by atoms with E-state index in [-0.39, 0.29) is 5.41 Å². The summed E-state index contributed by atoms with van der Waals surface area (Å²) in [5.41, 5.74) is 5.77. The maximum absolute atomic E-state index is 5.86. The number of rotatable bonds is 7. The molecule has 20 heavy (non-hydrogen) atoms. The molecule has 0 atom stereocenters. The van der Waals surface area contributed by atoms with E-state index in [1.54, 1.807) is 6.07 Å². The SMILES string of the molecule is CCCN(CC)CCNc1cc(N)nc(C(C)(C)C)n1. The highest BCUT2D eigenvalue weighted by molar-refractivity contribution is 5.45. The van der Waals surface area contributed by atoms with E-state index >= 15 is 0 Å². The number of hydrogen-bond acceptors (Lipinski definition) is 5. The van der Waals surface area contributed by atoms with Crippen LogP contribution in [0.1, 0.15) is 46.9 Å². The van der Waals surface area contributed by atoms with Crippen molar-refractivity contribution in [3.8, 4) is 0 Å². The van der Waals surface area contributed by atoms with Gasteiger partial charge in [0.1, 0.15) is 17.5 Å².